The fourth-order valence-corrected chi connectivity index (χ4v) is 4.07. The van der Waals surface area contributed by atoms with Crippen LogP contribution in [0.15, 0.2) is 30.3 Å². The number of hydrogen-bond acceptors (Lipinski definition) is 4. The molecule has 158 valence electrons. The Labute approximate surface area is 187 Å². The van der Waals surface area contributed by atoms with E-state index in [1.54, 1.807) is 12.1 Å². The monoisotopic (exact) mass is 456 g/mol. The zero-order valence-electron chi connectivity index (χ0n) is 16.6. The molecule has 7 heteroatoms. The highest BCUT2D eigenvalue weighted by Crippen LogP contribution is 2.35. The lowest BCUT2D eigenvalue weighted by Gasteiger charge is -2.23. The minimum Gasteiger partial charge on any atom is -0.490 e. The summed E-state index contributed by atoms with van der Waals surface area (Å²) in [7, 11) is 0. The molecule has 1 saturated heterocycles. The molecule has 0 radical (unpaired) electrons. The van der Waals surface area contributed by atoms with E-state index in [1.807, 2.05) is 25.1 Å². The topological polar surface area (TPSA) is 42.5 Å². The average molecular weight is 458 g/mol. The highest BCUT2D eigenvalue weighted by atomic mass is 35.5. The molecule has 3 rings (SSSR count). The van der Waals surface area contributed by atoms with Gasteiger partial charge in [0, 0.05) is 33.2 Å². The highest BCUT2D eigenvalue weighted by molar-refractivity contribution is 6.35. The molecule has 2 aromatic rings. The first kappa shape index (κ1) is 22.5. The molecule has 0 amide bonds. The molecule has 0 atom stereocenters. The van der Waals surface area contributed by atoms with Crippen molar-refractivity contribution < 1.29 is 9.47 Å². The van der Waals surface area contributed by atoms with Gasteiger partial charge in [-0.3, -0.25) is 0 Å². The van der Waals surface area contributed by atoms with Crippen molar-refractivity contribution in [3.63, 3.8) is 0 Å². The Kier molecular flexibility index (Phi) is 8.76. The predicted molar refractivity (Wildman–Crippen MR) is 121 cm³/mol. The molecular formula is C22H27Cl3N2O2. The van der Waals surface area contributed by atoms with Crippen LogP contribution in [0.5, 0.6) is 11.5 Å². The van der Waals surface area contributed by atoms with Crippen LogP contribution < -0.4 is 20.1 Å². The molecule has 0 aromatic heterocycles. The van der Waals surface area contributed by atoms with Crippen molar-refractivity contribution >= 4 is 34.8 Å². The Morgan fingerprint density at radius 3 is 2.41 bits per heavy atom. The molecule has 1 fully saturated rings. The van der Waals surface area contributed by atoms with Gasteiger partial charge in [0.2, 0.25) is 0 Å². The molecule has 29 heavy (non-hydrogen) atoms. The summed E-state index contributed by atoms with van der Waals surface area (Å²) in [4.78, 5) is 0. The van der Waals surface area contributed by atoms with Crippen molar-refractivity contribution in [3.8, 4) is 11.5 Å². The second-order valence-corrected chi connectivity index (χ2v) is 8.42. The normalized spacial score (nSPS) is 14.8. The smallest absolute Gasteiger partial charge is 0.163 e. The average Bonchev–Trinajstić information content (AvgIpc) is 2.71. The van der Waals surface area contributed by atoms with Gasteiger partial charge in [-0.1, -0.05) is 40.9 Å². The fourth-order valence-electron chi connectivity index (χ4n) is 3.38. The van der Waals surface area contributed by atoms with Gasteiger partial charge < -0.3 is 20.1 Å². The van der Waals surface area contributed by atoms with Gasteiger partial charge in [0.05, 0.1) is 6.61 Å². The molecule has 0 spiro atoms. The van der Waals surface area contributed by atoms with Crippen LogP contribution >= 0.6 is 34.8 Å². The van der Waals surface area contributed by atoms with Crippen molar-refractivity contribution in [2.24, 2.45) is 5.92 Å². The van der Waals surface area contributed by atoms with E-state index in [9.17, 15) is 0 Å². The molecule has 2 N–H and O–H groups in total. The minimum atomic E-state index is 0.305. The molecule has 1 aliphatic rings. The van der Waals surface area contributed by atoms with E-state index in [0.717, 1.165) is 30.8 Å². The number of nitrogens with one attached hydrogen (secondary N) is 2. The van der Waals surface area contributed by atoms with Gasteiger partial charge in [-0.15, -0.1) is 0 Å². The summed E-state index contributed by atoms with van der Waals surface area (Å²) >= 11 is 18.7. The Bertz CT molecular complexity index is 811. The zero-order valence-corrected chi connectivity index (χ0v) is 18.8. The summed E-state index contributed by atoms with van der Waals surface area (Å²) in [6, 6.07) is 9.12. The van der Waals surface area contributed by atoms with Crippen LogP contribution in [0, 0.1) is 5.92 Å². The molecule has 1 heterocycles. The first-order chi connectivity index (χ1) is 14.1. The second-order valence-electron chi connectivity index (χ2n) is 7.17. The van der Waals surface area contributed by atoms with Crippen LogP contribution in [0.2, 0.25) is 15.1 Å². The summed E-state index contributed by atoms with van der Waals surface area (Å²) < 4.78 is 11.8. The molecule has 0 unspecified atom stereocenters. The van der Waals surface area contributed by atoms with Gasteiger partial charge in [-0.25, -0.2) is 0 Å². The van der Waals surface area contributed by atoms with Crippen LogP contribution in [0.25, 0.3) is 0 Å². The first-order valence-corrected chi connectivity index (χ1v) is 11.1. The fraction of sp³-hybridized carbons (Fsp3) is 0.455. The number of hydrogen-bond donors (Lipinski definition) is 2. The third kappa shape index (κ3) is 6.66. The molecule has 2 aromatic carbocycles. The van der Waals surface area contributed by atoms with E-state index in [-0.39, 0.29) is 0 Å². The van der Waals surface area contributed by atoms with E-state index in [2.05, 4.69) is 10.6 Å². The van der Waals surface area contributed by atoms with E-state index >= 15 is 0 Å². The largest absolute Gasteiger partial charge is 0.490 e. The molecule has 1 aliphatic heterocycles. The Hall–Kier alpha value is -1.17. The van der Waals surface area contributed by atoms with E-state index in [4.69, 9.17) is 44.3 Å². The van der Waals surface area contributed by atoms with Crippen molar-refractivity contribution in [1.29, 1.82) is 0 Å². The number of ether oxygens (including phenoxy) is 2. The van der Waals surface area contributed by atoms with Gasteiger partial charge in [0.15, 0.2) is 11.5 Å². The van der Waals surface area contributed by atoms with Gasteiger partial charge in [0.25, 0.3) is 0 Å². The molecular weight excluding hydrogens is 431 g/mol. The standard InChI is InChI=1S/C22H27Cl3N2O2/c1-2-28-21-9-17(13-27-12-15-5-7-26-8-6-15)20(25)11-22(21)29-14-16-3-4-18(23)10-19(16)24/h3-4,9-11,15,26-27H,2,5-8,12-14H2,1H3. The van der Waals surface area contributed by atoms with Crippen LogP contribution in [0.1, 0.15) is 30.9 Å². The maximum atomic E-state index is 6.53. The molecule has 0 aliphatic carbocycles. The van der Waals surface area contributed by atoms with E-state index < -0.39 is 0 Å². The summed E-state index contributed by atoms with van der Waals surface area (Å²) in [5.41, 5.74) is 1.85. The summed E-state index contributed by atoms with van der Waals surface area (Å²) in [6.45, 7) is 6.70. The third-order valence-electron chi connectivity index (χ3n) is 5.02. The summed E-state index contributed by atoms with van der Waals surface area (Å²) in [5.74, 6) is 2.00. The quantitative estimate of drug-likeness (QED) is 0.506. The first-order valence-electron chi connectivity index (χ1n) is 10.00. The predicted octanol–water partition coefficient (Wildman–Crippen LogP) is 5.71. The zero-order chi connectivity index (χ0) is 20.6. The van der Waals surface area contributed by atoms with Crippen LogP contribution in [-0.2, 0) is 13.2 Å². The van der Waals surface area contributed by atoms with Crippen molar-refractivity contribution in [1.82, 2.24) is 10.6 Å². The Morgan fingerprint density at radius 2 is 1.69 bits per heavy atom. The van der Waals surface area contributed by atoms with E-state index in [1.165, 1.54) is 12.8 Å². The van der Waals surface area contributed by atoms with Crippen molar-refractivity contribution in [3.05, 3.63) is 56.5 Å². The lowest BCUT2D eigenvalue weighted by Crippen LogP contribution is -2.33. The van der Waals surface area contributed by atoms with Crippen molar-refractivity contribution in [2.75, 3.05) is 26.2 Å². The van der Waals surface area contributed by atoms with Crippen LogP contribution in [-0.4, -0.2) is 26.2 Å². The van der Waals surface area contributed by atoms with Gasteiger partial charge in [-0.2, -0.15) is 0 Å². The van der Waals surface area contributed by atoms with E-state index in [0.29, 0.717) is 52.2 Å². The maximum Gasteiger partial charge on any atom is 0.163 e. The van der Waals surface area contributed by atoms with Gasteiger partial charge >= 0.3 is 0 Å². The Balaban J connectivity index is 1.64. The summed E-state index contributed by atoms with van der Waals surface area (Å²) in [6.07, 6.45) is 2.43. The lowest BCUT2D eigenvalue weighted by molar-refractivity contribution is 0.269. The van der Waals surface area contributed by atoms with Gasteiger partial charge in [0.1, 0.15) is 6.61 Å². The number of rotatable bonds is 9. The van der Waals surface area contributed by atoms with Crippen LogP contribution in [0.3, 0.4) is 0 Å². The molecule has 0 saturated carbocycles. The summed E-state index contributed by atoms with van der Waals surface area (Å²) in [5, 5.41) is 8.75. The van der Waals surface area contributed by atoms with Crippen LogP contribution in [0.4, 0.5) is 0 Å². The van der Waals surface area contributed by atoms with Crippen molar-refractivity contribution in [2.45, 2.75) is 32.9 Å². The maximum absolute atomic E-state index is 6.53. The highest BCUT2D eigenvalue weighted by Gasteiger charge is 2.15. The Morgan fingerprint density at radius 1 is 0.966 bits per heavy atom. The SMILES string of the molecule is CCOc1cc(CNCC2CCNCC2)c(Cl)cc1OCc1ccc(Cl)cc1Cl. The lowest BCUT2D eigenvalue weighted by atomic mass is 9.98. The number of halogens is 3. The minimum absolute atomic E-state index is 0.305. The number of piperidine rings is 1. The number of benzene rings is 2. The third-order valence-corrected chi connectivity index (χ3v) is 5.96. The second kappa shape index (κ2) is 11.3. The molecule has 4 nitrogen and oxygen atoms in total. The molecule has 0 bridgehead atoms. The van der Waals surface area contributed by atoms with Gasteiger partial charge in [-0.05, 0) is 69.1 Å².